The van der Waals surface area contributed by atoms with Gasteiger partial charge in [-0.2, -0.15) is 0 Å². The second-order valence-electron chi connectivity index (χ2n) is 6.16. The molecule has 1 aliphatic rings. The summed E-state index contributed by atoms with van der Waals surface area (Å²) in [5.41, 5.74) is 0.745. The number of anilines is 1. The highest BCUT2D eigenvalue weighted by Crippen LogP contribution is 2.38. The molecular weight excluding hydrogens is 313 g/mol. The zero-order chi connectivity index (χ0) is 15.8. The largest absolute Gasteiger partial charge is 0.367 e. The first-order valence-corrected chi connectivity index (χ1v) is 7.59. The molecule has 0 amide bonds. The summed E-state index contributed by atoms with van der Waals surface area (Å²) in [5, 5.41) is 11.5. The number of halogens is 2. The van der Waals surface area contributed by atoms with Gasteiger partial charge in [-0.3, -0.25) is 15.0 Å². The smallest absolute Gasteiger partial charge is 0.272 e. The minimum absolute atomic E-state index is 0.0814. The van der Waals surface area contributed by atoms with Crippen LogP contribution in [0.1, 0.15) is 20.8 Å². The Morgan fingerprint density at radius 1 is 1.10 bits per heavy atom. The number of benzene rings is 1. The summed E-state index contributed by atoms with van der Waals surface area (Å²) in [4.78, 5) is 14.8. The first-order chi connectivity index (χ1) is 9.70. The lowest BCUT2D eigenvalue weighted by atomic mass is 10.0. The second-order valence-corrected chi connectivity index (χ2v) is 6.97. The van der Waals surface area contributed by atoms with Crippen LogP contribution in [0.15, 0.2) is 12.1 Å². The predicted molar refractivity (Wildman–Crippen MR) is 86.7 cm³/mol. The minimum atomic E-state index is -0.487. The zero-order valence-corrected chi connectivity index (χ0v) is 13.9. The van der Waals surface area contributed by atoms with Crippen molar-refractivity contribution in [3.8, 4) is 0 Å². The third kappa shape index (κ3) is 3.59. The Balaban J connectivity index is 2.19. The maximum absolute atomic E-state index is 10.8. The molecule has 0 atom stereocenters. The summed E-state index contributed by atoms with van der Waals surface area (Å²) < 4.78 is 0. The molecule has 116 valence electrons. The van der Waals surface area contributed by atoms with Gasteiger partial charge in [0.15, 0.2) is 0 Å². The van der Waals surface area contributed by atoms with E-state index in [1.807, 2.05) is 0 Å². The Bertz CT molecular complexity index is 527. The van der Waals surface area contributed by atoms with Gasteiger partial charge < -0.3 is 4.90 Å². The van der Waals surface area contributed by atoms with Gasteiger partial charge in [-0.1, -0.05) is 23.2 Å². The number of rotatable bonds is 2. The SMILES string of the molecule is CC(C)(C)N1CCN(c2c(Cl)cc([N+](=O)[O-])cc2Cl)CC1. The lowest BCUT2D eigenvalue weighted by molar-refractivity contribution is -0.384. The van der Waals surface area contributed by atoms with E-state index in [0.717, 1.165) is 26.2 Å². The van der Waals surface area contributed by atoms with E-state index in [1.165, 1.54) is 12.1 Å². The van der Waals surface area contributed by atoms with Crippen LogP contribution in [0.5, 0.6) is 0 Å². The van der Waals surface area contributed by atoms with Crippen LogP contribution in [0.3, 0.4) is 0 Å². The molecule has 1 saturated heterocycles. The van der Waals surface area contributed by atoms with Crippen LogP contribution in [-0.2, 0) is 0 Å². The molecule has 0 bridgehead atoms. The van der Waals surface area contributed by atoms with Crippen LogP contribution < -0.4 is 4.90 Å². The predicted octanol–water partition coefficient (Wildman–Crippen LogP) is 3.82. The Kier molecular flexibility index (Phi) is 4.66. The van der Waals surface area contributed by atoms with Crippen molar-refractivity contribution in [2.75, 3.05) is 31.1 Å². The maximum atomic E-state index is 10.8. The topological polar surface area (TPSA) is 49.6 Å². The zero-order valence-electron chi connectivity index (χ0n) is 12.4. The monoisotopic (exact) mass is 331 g/mol. The summed E-state index contributed by atoms with van der Waals surface area (Å²) >= 11 is 12.4. The van der Waals surface area contributed by atoms with Gasteiger partial charge in [0.2, 0.25) is 0 Å². The fraction of sp³-hybridized carbons (Fsp3) is 0.571. The lowest BCUT2D eigenvalue weighted by Crippen LogP contribution is -2.53. The summed E-state index contributed by atoms with van der Waals surface area (Å²) in [7, 11) is 0. The van der Waals surface area contributed by atoms with Crippen molar-refractivity contribution in [3.05, 3.63) is 32.3 Å². The number of non-ortho nitro benzene ring substituents is 1. The van der Waals surface area contributed by atoms with Crippen molar-refractivity contribution >= 4 is 34.6 Å². The standard InChI is InChI=1S/C14H19Cl2N3O2/c1-14(2,3)18-6-4-17(5-7-18)13-11(15)8-10(19(20)21)9-12(13)16/h8-9H,4-7H2,1-3H3. The van der Waals surface area contributed by atoms with Gasteiger partial charge in [0.05, 0.1) is 20.7 Å². The molecule has 0 unspecified atom stereocenters. The molecule has 1 fully saturated rings. The van der Waals surface area contributed by atoms with Crippen LogP contribution in [0.25, 0.3) is 0 Å². The van der Waals surface area contributed by atoms with Crippen molar-refractivity contribution < 1.29 is 4.92 Å². The third-order valence-corrected chi connectivity index (χ3v) is 4.33. The first kappa shape index (κ1) is 16.3. The fourth-order valence-electron chi connectivity index (χ4n) is 2.56. The van der Waals surface area contributed by atoms with E-state index >= 15 is 0 Å². The van der Waals surface area contributed by atoms with Crippen LogP contribution in [-0.4, -0.2) is 41.5 Å². The van der Waals surface area contributed by atoms with Crippen molar-refractivity contribution in [2.45, 2.75) is 26.3 Å². The summed E-state index contributed by atoms with van der Waals surface area (Å²) in [5.74, 6) is 0. The quantitative estimate of drug-likeness (QED) is 0.610. The number of nitrogens with zero attached hydrogens (tertiary/aromatic N) is 3. The Hall–Kier alpha value is -1.04. The van der Waals surface area contributed by atoms with Crippen LogP contribution >= 0.6 is 23.2 Å². The van der Waals surface area contributed by atoms with Crippen LogP contribution in [0, 0.1) is 10.1 Å². The highest BCUT2D eigenvalue weighted by molar-refractivity contribution is 6.39. The van der Waals surface area contributed by atoms with Crippen LogP contribution in [0.4, 0.5) is 11.4 Å². The molecule has 21 heavy (non-hydrogen) atoms. The van der Waals surface area contributed by atoms with E-state index < -0.39 is 4.92 Å². The van der Waals surface area contributed by atoms with E-state index in [9.17, 15) is 10.1 Å². The molecule has 0 spiro atoms. The fourth-order valence-corrected chi connectivity index (χ4v) is 3.28. The number of nitro benzene ring substituents is 1. The van der Waals surface area contributed by atoms with Gasteiger partial charge in [-0.05, 0) is 20.8 Å². The number of hydrogen-bond acceptors (Lipinski definition) is 4. The minimum Gasteiger partial charge on any atom is -0.367 e. The Morgan fingerprint density at radius 3 is 1.95 bits per heavy atom. The van der Waals surface area contributed by atoms with E-state index in [4.69, 9.17) is 23.2 Å². The van der Waals surface area contributed by atoms with Crippen molar-refractivity contribution in [2.24, 2.45) is 0 Å². The van der Waals surface area contributed by atoms with E-state index in [-0.39, 0.29) is 11.2 Å². The van der Waals surface area contributed by atoms with Crippen molar-refractivity contribution in [1.29, 1.82) is 0 Å². The lowest BCUT2D eigenvalue weighted by Gasteiger charge is -2.43. The second kappa shape index (κ2) is 5.99. The normalized spacial score (nSPS) is 17.1. The third-order valence-electron chi connectivity index (χ3n) is 3.76. The van der Waals surface area contributed by atoms with E-state index in [1.54, 1.807) is 0 Å². The molecule has 1 aromatic rings. The van der Waals surface area contributed by atoms with Crippen molar-refractivity contribution in [1.82, 2.24) is 4.90 Å². The van der Waals surface area contributed by atoms with Gasteiger partial charge >= 0.3 is 0 Å². The van der Waals surface area contributed by atoms with E-state index in [0.29, 0.717) is 15.7 Å². The van der Waals surface area contributed by atoms with Gasteiger partial charge in [0.25, 0.3) is 5.69 Å². The summed E-state index contributed by atoms with van der Waals surface area (Å²) in [6, 6.07) is 2.72. The first-order valence-electron chi connectivity index (χ1n) is 6.83. The molecule has 5 nitrogen and oxygen atoms in total. The Labute approximate surface area is 134 Å². The average Bonchev–Trinajstić information content (AvgIpc) is 2.37. The molecule has 7 heteroatoms. The maximum Gasteiger partial charge on any atom is 0.272 e. The molecule has 0 aromatic heterocycles. The molecule has 0 saturated carbocycles. The van der Waals surface area contributed by atoms with Crippen LogP contribution in [0.2, 0.25) is 10.0 Å². The molecule has 1 aromatic carbocycles. The van der Waals surface area contributed by atoms with E-state index in [2.05, 4.69) is 30.6 Å². The highest BCUT2D eigenvalue weighted by atomic mass is 35.5. The molecule has 0 radical (unpaired) electrons. The molecular formula is C14H19Cl2N3O2. The van der Waals surface area contributed by atoms with Gasteiger partial charge in [0, 0.05) is 43.9 Å². The van der Waals surface area contributed by atoms with Gasteiger partial charge in [-0.25, -0.2) is 0 Å². The summed E-state index contributed by atoms with van der Waals surface area (Å²) in [6.45, 7) is 9.99. The molecule has 0 N–H and O–H groups in total. The number of piperazine rings is 1. The molecule has 2 rings (SSSR count). The number of nitro groups is 1. The van der Waals surface area contributed by atoms with Gasteiger partial charge in [-0.15, -0.1) is 0 Å². The molecule has 1 heterocycles. The molecule has 1 aliphatic heterocycles. The van der Waals surface area contributed by atoms with Crippen molar-refractivity contribution in [3.63, 3.8) is 0 Å². The average molecular weight is 332 g/mol. The Morgan fingerprint density at radius 2 is 1.57 bits per heavy atom. The highest BCUT2D eigenvalue weighted by Gasteiger charge is 2.28. The summed E-state index contributed by atoms with van der Waals surface area (Å²) in [6.07, 6.45) is 0. The van der Waals surface area contributed by atoms with Gasteiger partial charge in [0.1, 0.15) is 0 Å². The molecule has 0 aliphatic carbocycles. The number of hydrogen-bond donors (Lipinski definition) is 0.